The Hall–Kier alpha value is -0.760. The minimum absolute atomic E-state index is 0.0309. The average Bonchev–Trinajstić information content (AvgIpc) is 3.16. The van der Waals surface area contributed by atoms with Gasteiger partial charge in [0.15, 0.2) is 0 Å². The zero-order chi connectivity index (χ0) is 12.9. The molecule has 0 aromatic heterocycles. The van der Waals surface area contributed by atoms with Crippen molar-refractivity contribution in [3.63, 3.8) is 0 Å². The second kappa shape index (κ2) is 4.37. The predicted octanol–water partition coefficient (Wildman–Crippen LogP) is 3.69. The molecule has 5 unspecified atom stereocenters. The van der Waals surface area contributed by atoms with Gasteiger partial charge < -0.3 is 9.47 Å². The van der Waals surface area contributed by atoms with Gasteiger partial charge in [-0.05, 0) is 56.9 Å². The van der Waals surface area contributed by atoms with Gasteiger partial charge in [-0.3, -0.25) is 0 Å². The molecule has 2 nitrogen and oxygen atoms in total. The van der Waals surface area contributed by atoms with Crippen molar-refractivity contribution < 1.29 is 9.47 Å². The number of rotatable bonds is 5. The van der Waals surface area contributed by atoms with Crippen LogP contribution in [-0.4, -0.2) is 18.8 Å². The third-order valence-corrected chi connectivity index (χ3v) is 5.65. The largest absolute Gasteiger partial charge is 0.495 e. The van der Waals surface area contributed by atoms with Gasteiger partial charge in [-0.1, -0.05) is 12.2 Å². The van der Waals surface area contributed by atoms with E-state index in [0.29, 0.717) is 5.92 Å². The maximum absolute atomic E-state index is 6.23. The van der Waals surface area contributed by atoms with Gasteiger partial charge in [-0.25, -0.2) is 0 Å². The zero-order valence-electron chi connectivity index (χ0n) is 11.8. The molecule has 4 aliphatic carbocycles. The summed E-state index contributed by atoms with van der Waals surface area (Å²) in [5.74, 6) is 4.12. The summed E-state index contributed by atoms with van der Waals surface area (Å²) < 4.78 is 12.4. The van der Waals surface area contributed by atoms with E-state index < -0.39 is 0 Å². The first-order valence-electron chi connectivity index (χ1n) is 7.96. The highest BCUT2D eigenvalue weighted by atomic mass is 16.5. The Morgan fingerprint density at radius 3 is 2.74 bits per heavy atom. The number of hydrogen-bond acceptors (Lipinski definition) is 2. The first-order valence-corrected chi connectivity index (χ1v) is 7.96. The van der Waals surface area contributed by atoms with Crippen molar-refractivity contribution in [1.82, 2.24) is 0 Å². The van der Waals surface area contributed by atoms with E-state index in [4.69, 9.17) is 9.47 Å². The highest BCUT2D eigenvalue weighted by molar-refractivity contribution is 5.19. The molecule has 0 heterocycles. The summed E-state index contributed by atoms with van der Waals surface area (Å²) in [5, 5.41) is 0. The molecule has 2 saturated carbocycles. The van der Waals surface area contributed by atoms with Crippen molar-refractivity contribution in [1.29, 1.82) is 0 Å². The van der Waals surface area contributed by atoms with Gasteiger partial charge in [0.2, 0.25) is 0 Å². The van der Waals surface area contributed by atoms with E-state index in [-0.39, 0.29) is 5.60 Å². The lowest BCUT2D eigenvalue weighted by molar-refractivity contribution is -0.100. The van der Waals surface area contributed by atoms with Crippen molar-refractivity contribution in [2.75, 3.05) is 13.2 Å². The van der Waals surface area contributed by atoms with Crippen LogP contribution < -0.4 is 0 Å². The summed E-state index contributed by atoms with van der Waals surface area (Å²) in [6.45, 7) is 3.67. The molecule has 0 aliphatic heterocycles. The van der Waals surface area contributed by atoms with Crippen LogP contribution in [0.25, 0.3) is 0 Å². The Labute approximate surface area is 115 Å². The van der Waals surface area contributed by atoms with Crippen molar-refractivity contribution in [2.45, 2.75) is 44.6 Å². The van der Waals surface area contributed by atoms with Crippen LogP contribution in [-0.2, 0) is 9.47 Å². The molecule has 4 rings (SSSR count). The monoisotopic (exact) mass is 260 g/mol. The quantitative estimate of drug-likeness (QED) is 0.702. The molecule has 0 spiro atoms. The second-order valence-electron chi connectivity index (χ2n) is 6.82. The van der Waals surface area contributed by atoms with Gasteiger partial charge in [-0.15, -0.1) is 0 Å². The minimum atomic E-state index is -0.0309. The standard InChI is InChI=1S/C17H24O2/c1-2-19-17(10-13-4-6-15(17)8-13)11-18-16-9-12-3-5-14(16)7-12/h4,6,9,12-15H,2-3,5,7-8,10-11H2,1H3. The molecule has 0 radical (unpaired) electrons. The Morgan fingerprint density at radius 1 is 1.21 bits per heavy atom. The molecule has 2 fully saturated rings. The first-order chi connectivity index (χ1) is 9.29. The highest BCUT2D eigenvalue weighted by Crippen LogP contribution is 2.50. The van der Waals surface area contributed by atoms with Crippen LogP contribution in [0.4, 0.5) is 0 Å². The van der Waals surface area contributed by atoms with E-state index in [1.54, 1.807) is 0 Å². The van der Waals surface area contributed by atoms with E-state index in [9.17, 15) is 0 Å². The smallest absolute Gasteiger partial charge is 0.117 e. The highest BCUT2D eigenvalue weighted by Gasteiger charge is 2.50. The topological polar surface area (TPSA) is 18.5 Å². The van der Waals surface area contributed by atoms with Gasteiger partial charge in [0.05, 0.1) is 5.76 Å². The molecule has 104 valence electrons. The van der Waals surface area contributed by atoms with Crippen LogP contribution in [0.5, 0.6) is 0 Å². The molecule has 19 heavy (non-hydrogen) atoms. The number of fused-ring (bicyclic) bond motifs is 4. The van der Waals surface area contributed by atoms with Gasteiger partial charge in [0, 0.05) is 18.4 Å². The predicted molar refractivity (Wildman–Crippen MR) is 74.6 cm³/mol. The molecule has 0 aromatic rings. The maximum atomic E-state index is 6.23. The summed E-state index contributed by atoms with van der Waals surface area (Å²) in [7, 11) is 0. The van der Waals surface area contributed by atoms with Crippen LogP contribution in [0.2, 0.25) is 0 Å². The molecule has 0 saturated heterocycles. The minimum Gasteiger partial charge on any atom is -0.495 e. The number of ether oxygens (including phenoxy) is 2. The molecule has 0 N–H and O–H groups in total. The maximum Gasteiger partial charge on any atom is 0.117 e. The summed E-state index contributed by atoms with van der Waals surface area (Å²) in [6.07, 6.45) is 13.6. The lowest BCUT2D eigenvalue weighted by Gasteiger charge is -2.35. The van der Waals surface area contributed by atoms with Crippen LogP contribution in [0.3, 0.4) is 0 Å². The summed E-state index contributed by atoms with van der Waals surface area (Å²) in [4.78, 5) is 0. The fourth-order valence-corrected chi connectivity index (χ4v) is 4.74. The lowest BCUT2D eigenvalue weighted by atomic mass is 9.88. The van der Waals surface area contributed by atoms with E-state index in [1.807, 2.05) is 0 Å². The number of allylic oxidation sites excluding steroid dienone is 3. The third-order valence-electron chi connectivity index (χ3n) is 5.65. The Morgan fingerprint density at radius 2 is 2.16 bits per heavy atom. The summed E-state index contributed by atoms with van der Waals surface area (Å²) >= 11 is 0. The van der Waals surface area contributed by atoms with E-state index in [0.717, 1.165) is 37.4 Å². The first kappa shape index (κ1) is 12.0. The number of hydrogen-bond donors (Lipinski definition) is 0. The van der Waals surface area contributed by atoms with Crippen LogP contribution in [0, 0.1) is 23.7 Å². The molecular formula is C17H24O2. The summed E-state index contributed by atoms with van der Waals surface area (Å²) in [6, 6.07) is 0. The fourth-order valence-electron chi connectivity index (χ4n) is 4.74. The molecule has 0 amide bonds. The van der Waals surface area contributed by atoms with E-state index >= 15 is 0 Å². The Balaban J connectivity index is 1.45. The van der Waals surface area contributed by atoms with Gasteiger partial charge in [0.25, 0.3) is 0 Å². The van der Waals surface area contributed by atoms with Gasteiger partial charge >= 0.3 is 0 Å². The van der Waals surface area contributed by atoms with Crippen molar-refractivity contribution in [3.8, 4) is 0 Å². The third kappa shape index (κ3) is 1.87. The Kier molecular flexibility index (Phi) is 2.77. The molecule has 2 heteroatoms. The van der Waals surface area contributed by atoms with Crippen molar-refractivity contribution in [3.05, 3.63) is 24.0 Å². The molecule has 4 aliphatic rings. The molecule has 4 bridgehead atoms. The molecule has 5 atom stereocenters. The normalized spacial score (nSPS) is 46.1. The van der Waals surface area contributed by atoms with Crippen molar-refractivity contribution >= 4 is 0 Å². The van der Waals surface area contributed by atoms with E-state index in [1.165, 1.54) is 31.4 Å². The zero-order valence-corrected chi connectivity index (χ0v) is 11.8. The summed E-state index contributed by atoms with van der Waals surface area (Å²) in [5.41, 5.74) is -0.0309. The average molecular weight is 260 g/mol. The fraction of sp³-hybridized carbons (Fsp3) is 0.765. The van der Waals surface area contributed by atoms with Crippen LogP contribution in [0.15, 0.2) is 24.0 Å². The Bertz CT molecular complexity index is 425. The molecular weight excluding hydrogens is 236 g/mol. The lowest BCUT2D eigenvalue weighted by Crippen LogP contribution is -2.42. The SMILES string of the molecule is CCOC1(COC2=CC3CCC2C3)CC2C=CC1C2. The molecule has 0 aromatic carbocycles. The van der Waals surface area contributed by atoms with Crippen LogP contribution in [0.1, 0.15) is 39.0 Å². The van der Waals surface area contributed by atoms with Gasteiger partial charge in [-0.2, -0.15) is 0 Å². The van der Waals surface area contributed by atoms with Gasteiger partial charge in [0.1, 0.15) is 12.2 Å². The van der Waals surface area contributed by atoms with E-state index in [2.05, 4.69) is 25.2 Å². The van der Waals surface area contributed by atoms with Crippen LogP contribution >= 0.6 is 0 Å². The second-order valence-corrected chi connectivity index (χ2v) is 6.82. The van der Waals surface area contributed by atoms with Crippen molar-refractivity contribution in [2.24, 2.45) is 23.7 Å².